The highest BCUT2D eigenvalue weighted by Crippen LogP contribution is 2.51. The second-order valence-corrected chi connectivity index (χ2v) is 10.6. The molecule has 5 rings (SSSR count). The summed E-state index contributed by atoms with van der Waals surface area (Å²) in [5.74, 6) is -3.12. The topological polar surface area (TPSA) is 101 Å². The highest BCUT2D eigenvalue weighted by molar-refractivity contribution is 7.92. The number of carbonyl (C=O) groups is 2. The smallest absolute Gasteiger partial charge is 0.409 e. The zero-order valence-corrected chi connectivity index (χ0v) is 17.3. The number of carbonyl (C=O) groups excluding carboxylic acids is 1. The Labute approximate surface area is 178 Å². The number of ether oxygens (including phenoxy) is 1. The number of benzene rings is 2. The predicted molar refractivity (Wildman–Crippen MR) is 109 cm³/mol. The van der Waals surface area contributed by atoms with Gasteiger partial charge in [-0.05, 0) is 22.3 Å². The number of hydrogen-bond donors (Lipinski definition) is 1. The van der Waals surface area contributed by atoms with Crippen LogP contribution in [0.4, 0.5) is 9.18 Å². The number of sulfone groups is 1. The number of halogens is 1. The fourth-order valence-electron chi connectivity index (χ4n) is 5.21. The lowest BCUT2D eigenvalue weighted by Gasteiger charge is -2.42. The first-order valence-electron chi connectivity index (χ1n) is 9.88. The lowest BCUT2D eigenvalue weighted by Crippen LogP contribution is -2.63. The van der Waals surface area contributed by atoms with Crippen LogP contribution in [0.1, 0.15) is 17.0 Å². The molecule has 1 aliphatic carbocycles. The number of nitrogens with zero attached hydrogens (tertiary/aromatic N) is 1. The van der Waals surface area contributed by atoms with Crippen molar-refractivity contribution in [2.24, 2.45) is 5.41 Å². The molecule has 162 valence electrons. The summed E-state index contributed by atoms with van der Waals surface area (Å²) in [6.45, 7) is -1.01. The molecule has 31 heavy (non-hydrogen) atoms. The van der Waals surface area contributed by atoms with Gasteiger partial charge in [0.2, 0.25) is 5.67 Å². The van der Waals surface area contributed by atoms with Crippen LogP contribution in [0.5, 0.6) is 0 Å². The first-order valence-corrected chi connectivity index (χ1v) is 11.7. The van der Waals surface area contributed by atoms with Crippen molar-refractivity contribution in [1.82, 2.24) is 4.90 Å². The first-order chi connectivity index (χ1) is 14.7. The third-order valence-electron chi connectivity index (χ3n) is 6.67. The minimum Gasteiger partial charge on any atom is -0.479 e. The average molecular weight is 445 g/mol. The van der Waals surface area contributed by atoms with Gasteiger partial charge in [-0.3, -0.25) is 0 Å². The van der Waals surface area contributed by atoms with Gasteiger partial charge in [0, 0.05) is 12.5 Å². The van der Waals surface area contributed by atoms with Gasteiger partial charge in [0.1, 0.15) is 6.61 Å². The van der Waals surface area contributed by atoms with E-state index in [1.807, 2.05) is 48.5 Å². The molecule has 7 nitrogen and oxygen atoms in total. The van der Waals surface area contributed by atoms with E-state index < -0.39 is 51.0 Å². The van der Waals surface area contributed by atoms with Crippen LogP contribution in [0, 0.1) is 5.41 Å². The van der Waals surface area contributed by atoms with Crippen molar-refractivity contribution >= 4 is 21.9 Å². The molecule has 0 bridgehead atoms. The van der Waals surface area contributed by atoms with Crippen LogP contribution in [0.15, 0.2) is 48.5 Å². The van der Waals surface area contributed by atoms with Crippen molar-refractivity contribution < 1.29 is 32.2 Å². The van der Waals surface area contributed by atoms with E-state index in [-0.39, 0.29) is 19.1 Å². The molecule has 9 heteroatoms. The summed E-state index contributed by atoms with van der Waals surface area (Å²) >= 11 is 0. The summed E-state index contributed by atoms with van der Waals surface area (Å²) < 4.78 is 44.1. The molecule has 2 aromatic carbocycles. The van der Waals surface area contributed by atoms with Gasteiger partial charge in [-0.15, -0.1) is 0 Å². The van der Waals surface area contributed by atoms with Crippen LogP contribution in [0.3, 0.4) is 0 Å². The van der Waals surface area contributed by atoms with Gasteiger partial charge >= 0.3 is 12.1 Å². The Bertz CT molecular complexity index is 1150. The Balaban J connectivity index is 1.35. The monoisotopic (exact) mass is 445 g/mol. The van der Waals surface area contributed by atoms with E-state index >= 15 is 4.39 Å². The molecule has 1 N–H and O–H groups in total. The largest absolute Gasteiger partial charge is 0.479 e. The van der Waals surface area contributed by atoms with Crippen molar-refractivity contribution in [1.29, 1.82) is 0 Å². The minimum atomic E-state index is -3.50. The Kier molecular flexibility index (Phi) is 4.21. The van der Waals surface area contributed by atoms with Crippen molar-refractivity contribution in [3.05, 3.63) is 59.7 Å². The van der Waals surface area contributed by atoms with E-state index in [1.165, 1.54) is 0 Å². The van der Waals surface area contributed by atoms with Crippen molar-refractivity contribution in [2.45, 2.75) is 11.6 Å². The van der Waals surface area contributed by atoms with Gasteiger partial charge in [-0.2, -0.15) is 0 Å². The lowest BCUT2D eigenvalue weighted by atomic mass is 9.78. The fourth-order valence-corrected chi connectivity index (χ4v) is 7.45. The molecule has 0 aromatic heterocycles. The number of aliphatic carboxylic acids is 1. The molecular formula is C22H20FNO6S. The van der Waals surface area contributed by atoms with E-state index in [9.17, 15) is 23.1 Å². The van der Waals surface area contributed by atoms with Crippen LogP contribution in [0.25, 0.3) is 11.1 Å². The molecule has 1 amide bonds. The predicted octanol–water partition coefficient (Wildman–Crippen LogP) is 2.46. The number of fused-ring (bicyclic) bond motifs is 3. The number of carboxylic acids is 1. The van der Waals surface area contributed by atoms with Crippen LogP contribution in [-0.4, -0.2) is 67.4 Å². The molecular weight excluding hydrogens is 425 g/mol. The summed E-state index contributed by atoms with van der Waals surface area (Å²) in [4.78, 5) is 25.3. The van der Waals surface area contributed by atoms with E-state index in [0.717, 1.165) is 27.2 Å². The normalized spacial score (nSPS) is 25.0. The molecule has 1 unspecified atom stereocenters. The van der Waals surface area contributed by atoms with Gasteiger partial charge in [0.25, 0.3) is 0 Å². The Morgan fingerprint density at radius 2 is 1.58 bits per heavy atom. The summed E-state index contributed by atoms with van der Waals surface area (Å²) in [6, 6.07) is 15.6. The molecule has 2 fully saturated rings. The quantitative estimate of drug-likeness (QED) is 0.779. The van der Waals surface area contributed by atoms with Crippen LogP contribution < -0.4 is 0 Å². The van der Waals surface area contributed by atoms with Crippen LogP contribution in [-0.2, 0) is 19.4 Å². The standard InChI is InChI=1S/C22H20FNO6S/c23-22(19(25)26)11-24(10-21(22)12-31(28,29)13-21)20(27)30-9-18-16-7-3-1-5-14(16)15-6-2-4-8-17(15)18/h1-8,18H,9-13H2,(H,25,26). The molecule has 0 saturated carbocycles. The zero-order chi connectivity index (χ0) is 22.0. The fraction of sp³-hybridized carbons (Fsp3) is 0.364. The maximum atomic E-state index is 15.3. The van der Waals surface area contributed by atoms with Gasteiger partial charge in [0.15, 0.2) is 9.84 Å². The number of likely N-dealkylation sites (tertiary alicyclic amines) is 1. The van der Waals surface area contributed by atoms with Crippen molar-refractivity contribution in [3.8, 4) is 11.1 Å². The molecule has 1 atom stereocenters. The Morgan fingerprint density at radius 3 is 2.10 bits per heavy atom. The van der Waals surface area contributed by atoms with Gasteiger partial charge in [0.05, 0.1) is 23.5 Å². The average Bonchev–Trinajstić information content (AvgIpc) is 3.19. The minimum absolute atomic E-state index is 0.0149. The maximum absolute atomic E-state index is 15.3. The van der Waals surface area contributed by atoms with Gasteiger partial charge < -0.3 is 14.7 Å². The Morgan fingerprint density at radius 1 is 1.03 bits per heavy atom. The summed E-state index contributed by atoms with van der Waals surface area (Å²) in [6.07, 6.45) is -0.841. The third kappa shape index (κ3) is 2.86. The van der Waals surface area contributed by atoms with E-state index in [1.54, 1.807) is 0 Å². The molecule has 2 saturated heterocycles. The van der Waals surface area contributed by atoms with Crippen LogP contribution >= 0.6 is 0 Å². The number of amides is 1. The van der Waals surface area contributed by atoms with E-state index in [4.69, 9.17) is 4.74 Å². The van der Waals surface area contributed by atoms with Crippen molar-refractivity contribution in [3.63, 3.8) is 0 Å². The van der Waals surface area contributed by atoms with Crippen molar-refractivity contribution in [2.75, 3.05) is 31.2 Å². The molecule has 0 radical (unpaired) electrons. The second kappa shape index (κ2) is 6.53. The third-order valence-corrected chi connectivity index (χ3v) is 8.65. The zero-order valence-electron chi connectivity index (χ0n) is 16.5. The molecule has 3 aliphatic rings. The molecule has 2 heterocycles. The van der Waals surface area contributed by atoms with Gasteiger partial charge in [-0.1, -0.05) is 48.5 Å². The van der Waals surface area contributed by atoms with Crippen LogP contribution in [0.2, 0.25) is 0 Å². The molecule has 1 spiro atoms. The summed E-state index contributed by atoms with van der Waals surface area (Å²) in [5.41, 5.74) is -0.275. The van der Waals surface area contributed by atoms with Gasteiger partial charge in [-0.25, -0.2) is 22.4 Å². The number of hydrogen-bond acceptors (Lipinski definition) is 5. The molecule has 2 aliphatic heterocycles. The lowest BCUT2D eigenvalue weighted by molar-refractivity contribution is -0.156. The second-order valence-electron chi connectivity index (χ2n) is 8.58. The summed E-state index contributed by atoms with van der Waals surface area (Å²) in [5, 5.41) is 9.42. The summed E-state index contributed by atoms with van der Waals surface area (Å²) in [7, 11) is -3.50. The maximum Gasteiger partial charge on any atom is 0.409 e. The first kappa shape index (κ1) is 20.0. The SMILES string of the molecule is O=C(OCC1c2ccccc2-c2ccccc21)N1CC2(CS(=O)(=O)C2)C(F)(C(=O)O)C1. The Hall–Kier alpha value is -2.94. The number of alkyl halides is 1. The number of carboxylic acid groups (broad SMARTS) is 1. The highest BCUT2D eigenvalue weighted by Gasteiger charge is 2.71. The molecule has 2 aromatic rings. The van der Waals surface area contributed by atoms with E-state index in [2.05, 4.69) is 0 Å². The van der Waals surface area contributed by atoms with E-state index in [0.29, 0.717) is 0 Å². The highest BCUT2D eigenvalue weighted by atomic mass is 32.2. The number of rotatable bonds is 3.